The van der Waals surface area contributed by atoms with Gasteiger partial charge in [0.1, 0.15) is 11.4 Å². The van der Waals surface area contributed by atoms with Crippen molar-refractivity contribution in [2.75, 3.05) is 29.9 Å². The molecule has 3 nitrogen and oxygen atoms in total. The van der Waals surface area contributed by atoms with Gasteiger partial charge in [-0.15, -0.1) is 0 Å². The van der Waals surface area contributed by atoms with E-state index in [-0.39, 0.29) is 6.10 Å². The Balaban J connectivity index is 2.28. The van der Waals surface area contributed by atoms with Crippen LogP contribution in [0.2, 0.25) is 0 Å². The fourth-order valence-electron chi connectivity index (χ4n) is 2.38. The molecule has 1 aliphatic heterocycles. The van der Waals surface area contributed by atoms with Gasteiger partial charge in [-0.1, -0.05) is 19.9 Å². The monoisotopic (exact) mass is 248 g/mol. The third kappa shape index (κ3) is 2.89. The van der Waals surface area contributed by atoms with Gasteiger partial charge in [-0.25, -0.2) is 0 Å². The molecular weight excluding hydrogens is 224 g/mol. The van der Waals surface area contributed by atoms with Crippen LogP contribution < -0.4 is 15.0 Å². The van der Waals surface area contributed by atoms with E-state index < -0.39 is 0 Å². The van der Waals surface area contributed by atoms with Gasteiger partial charge in [-0.3, -0.25) is 0 Å². The second-order valence-corrected chi connectivity index (χ2v) is 5.58. The summed E-state index contributed by atoms with van der Waals surface area (Å²) >= 11 is 0. The first-order valence-corrected chi connectivity index (χ1v) is 6.86. The third-order valence-electron chi connectivity index (χ3n) is 2.98. The van der Waals surface area contributed by atoms with Gasteiger partial charge in [0.25, 0.3) is 0 Å². The van der Waals surface area contributed by atoms with Crippen LogP contribution in [-0.4, -0.2) is 25.7 Å². The molecule has 0 saturated carbocycles. The quantitative estimate of drug-likeness (QED) is 0.884. The number of ether oxygens (including phenoxy) is 1. The molecule has 2 rings (SSSR count). The molecule has 0 saturated heterocycles. The summed E-state index contributed by atoms with van der Waals surface area (Å²) in [6.07, 6.45) is 0.207. The van der Waals surface area contributed by atoms with Crippen molar-refractivity contribution in [2.24, 2.45) is 5.92 Å². The zero-order chi connectivity index (χ0) is 13.1. The predicted octanol–water partition coefficient (Wildman–Crippen LogP) is 3.36. The van der Waals surface area contributed by atoms with E-state index in [2.05, 4.69) is 50.0 Å². The number of nitrogens with zero attached hydrogens (tertiary/aromatic N) is 1. The van der Waals surface area contributed by atoms with Crippen LogP contribution in [-0.2, 0) is 0 Å². The summed E-state index contributed by atoms with van der Waals surface area (Å²) in [6.45, 7) is 11.8. The van der Waals surface area contributed by atoms with Crippen LogP contribution in [0.3, 0.4) is 0 Å². The number of rotatable bonds is 4. The molecule has 1 aliphatic rings. The first-order valence-electron chi connectivity index (χ1n) is 6.86. The summed E-state index contributed by atoms with van der Waals surface area (Å²) in [5, 5.41) is 3.47. The van der Waals surface area contributed by atoms with Crippen LogP contribution in [0.1, 0.15) is 27.7 Å². The first kappa shape index (κ1) is 13.1. The summed E-state index contributed by atoms with van der Waals surface area (Å²) in [7, 11) is 0. The Labute approximate surface area is 110 Å². The Hall–Kier alpha value is -1.38. The van der Waals surface area contributed by atoms with Crippen molar-refractivity contribution in [3.05, 3.63) is 18.2 Å². The summed E-state index contributed by atoms with van der Waals surface area (Å²) in [4.78, 5) is 2.45. The first-order chi connectivity index (χ1) is 8.58. The van der Waals surface area contributed by atoms with E-state index in [1.165, 1.54) is 5.69 Å². The lowest BCUT2D eigenvalue weighted by Gasteiger charge is -2.34. The topological polar surface area (TPSA) is 24.5 Å². The smallest absolute Gasteiger partial charge is 0.144 e. The van der Waals surface area contributed by atoms with E-state index in [1.807, 2.05) is 6.07 Å². The maximum Gasteiger partial charge on any atom is 0.144 e. The molecule has 0 radical (unpaired) electrons. The second kappa shape index (κ2) is 5.51. The number of benzene rings is 1. The van der Waals surface area contributed by atoms with Crippen LogP contribution in [0.15, 0.2) is 18.2 Å². The molecule has 0 fully saturated rings. The molecule has 0 aliphatic carbocycles. The summed E-state index contributed by atoms with van der Waals surface area (Å²) in [5.41, 5.74) is 2.42. The maximum atomic E-state index is 5.88. The highest BCUT2D eigenvalue weighted by Gasteiger charge is 2.20. The van der Waals surface area contributed by atoms with Gasteiger partial charge in [0.05, 0.1) is 11.8 Å². The Morgan fingerprint density at radius 1 is 1.28 bits per heavy atom. The average molecular weight is 248 g/mol. The van der Waals surface area contributed by atoms with Gasteiger partial charge in [0.2, 0.25) is 0 Å². The number of hydrogen-bond donors (Lipinski definition) is 1. The standard InChI is InChI=1S/C15H24N2O/c1-11(2)10-17-9-8-16-15-13(17)6-5-7-14(15)18-12(3)4/h5-7,11-12,16H,8-10H2,1-4H3. The number of hydrogen-bond acceptors (Lipinski definition) is 3. The minimum absolute atomic E-state index is 0.207. The summed E-state index contributed by atoms with van der Waals surface area (Å²) in [6, 6.07) is 6.30. The third-order valence-corrected chi connectivity index (χ3v) is 2.98. The molecule has 1 heterocycles. The Bertz CT molecular complexity index is 401. The van der Waals surface area contributed by atoms with Gasteiger partial charge in [-0.05, 0) is 31.9 Å². The van der Waals surface area contributed by atoms with Gasteiger partial charge in [0, 0.05) is 19.6 Å². The molecule has 0 unspecified atom stereocenters. The van der Waals surface area contributed by atoms with E-state index in [4.69, 9.17) is 4.74 Å². The molecule has 1 aromatic carbocycles. The van der Waals surface area contributed by atoms with Gasteiger partial charge >= 0.3 is 0 Å². The molecule has 100 valence electrons. The number of nitrogens with one attached hydrogen (secondary N) is 1. The molecule has 1 N–H and O–H groups in total. The average Bonchev–Trinajstić information content (AvgIpc) is 2.29. The van der Waals surface area contributed by atoms with Crippen molar-refractivity contribution in [3.63, 3.8) is 0 Å². The molecular formula is C15H24N2O. The van der Waals surface area contributed by atoms with E-state index in [9.17, 15) is 0 Å². The van der Waals surface area contributed by atoms with E-state index in [0.717, 1.165) is 31.1 Å². The molecule has 3 heteroatoms. The highest BCUT2D eigenvalue weighted by atomic mass is 16.5. The van der Waals surface area contributed by atoms with Crippen molar-refractivity contribution in [1.29, 1.82) is 0 Å². The number of anilines is 2. The highest BCUT2D eigenvalue weighted by Crippen LogP contribution is 2.37. The van der Waals surface area contributed by atoms with E-state index in [0.29, 0.717) is 5.92 Å². The van der Waals surface area contributed by atoms with Crippen LogP contribution in [0.4, 0.5) is 11.4 Å². The second-order valence-electron chi connectivity index (χ2n) is 5.58. The Morgan fingerprint density at radius 2 is 2.06 bits per heavy atom. The zero-order valence-corrected chi connectivity index (χ0v) is 11.9. The number of fused-ring (bicyclic) bond motifs is 1. The predicted molar refractivity (Wildman–Crippen MR) is 77.7 cm³/mol. The molecule has 1 aromatic rings. The lowest BCUT2D eigenvalue weighted by molar-refractivity contribution is 0.243. The summed E-state index contributed by atoms with van der Waals surface area (Å²) < 4.78 is 5.88. The Morgan fingerprint density at radius 3 is 2.72 bits per heavy atom. The highest BCUT2D eigenvalue weighted by molar-refractivity contribution is 5.78. The molecule has 0 spiro atoms. The zero-order valence-electron chi connectivity index (χ0n) is 11.9. The van der Waals surface area contributed by atoms with Crippen LogP contribution in [0.25, 0.3) is 0 Å². The SMILES string of the molecule is CC(C)CN1CCNc2c(OC(C)C)cccc21. The molecule has 0 aromatic heterocycles. The normalized spacial score (nSPS) is 14.7. The van der Waals surface area contributed by atoms with Gasteiger partial charge in [-0.2, -0.15) is 0 Å². The molecule has 18 heavy (non-hydrogen) atoms. The fraction of sp³-hybridized carbons (Fsp3) is 0.600. The van der Waals surface area contributed by atoms with Crippen molar-refractivity contribution >= 4 is 11.4 Å². The van der Waals surface area contributed by atoms with E-state index in [1.54, 1.807) is 0 Å². The van der Waals surface area contributed by atoms with Crippen LogP contribution in [0.5, 0.6) is 5.75 Å². The fourth-order valence-corrected chi connectivity index (χ4v) is 2.38. The lowest BCUT2D eigenvalue weighted by atomic mass is 10.1. The van der Waals surface area contributed by atoms with E-state index >= 15 is 0 Å². The molecule has 0 amide bonds. The lowest BCUT2D eigenvalue weighted by Crippen LogP contribution is -2.36. The number of para-hydroxylation sites is 1. The molecule has 0 atom stereocenters. The van der Waals surface area contributed by atoms with Crippen LogP contribution in [0, 0.1) is 5.92 Å². The maximum absolute atomic E-state index is 5.88. The van der Waals surface area contributed by atoms with Crippen molar-refractivity contribution < 1.29 is 4.74 Å². The Kier molecular flexibility index (Phi) is 4.00. The largest absolute Gasteiger partial charge is 0.489 e. The summed E-state index contributed by atoms with van der Waals surface area (Å²) in [5.74, 6) is 1.64. The van der Waals surface area contributed by atoms with Gasteiger partial charge in [0.15, 0.2) is 0 Å². The van der Waals surface area contributed by atoms with Crippen molar-refractivity contribution in [3.8, 4) is 5.75 Å². The van der Waals surface area contributed by atoms with Crippen molar-refractivity contribution in [1.82, 2.24) is 0 Å². The minimum atomic E-state index is 0.207. The molecule has 0 bridgehead atoms. The van der Waals surface area contributed by atoms with Crippen molar-refractivity contribution in [2.45, 2.75) is 33.8 Å². The minimum Gasteiger partial charge on any atom is -0.489 e. The van der Waals surface area contributed by atoms with Crippen LogP contribution >= 0.6 is 0 Å². The van der Waals surface area contributed by atoms with Gasteiger partial charge < -0.3 is 15.0 Å².